The van der Waals surface area contributed by atoms with Crippen LogP contribution in [0.5, 0.6) is 5.75 Å². The van der Waals surface area contributed by atoms with Gasteiger partial charge in [-0.1, -0.05) is 6.92 Å². The highest BCUT2D eigenvalue weighted by Gasteiger charge is 2.05. The monoisotopic (exact) mass is 273 g/mol. The largest absolute Gasteiger partial charge is 0.494 e. The van der Waals surface area contributed by atoms with Gasteiger partial charge in [0.1, 0.15) is 5.75 Å². The summed E-state index contributed by atoms with van der Waals surface area (Å²) >= 11 is 0. The van der Waals surface area contributed by atoms with Crippen molar-refractivity contribution in [1.82, 2.24) is 10.2 Å². The van der Waals surface area contributed by atoms with Gasteiger partial charge in [0.25, 0.3) is 0 Å². The normalized spacial score (nSPS) is 10.1. The Balaban J connectivity index is 2.00. The number of rotatable bonds is 6. The lowest BCUT2D eigenvalue weighted by atomic mass is 10.3. The van der Waals surface area contributed by atoms with E-state index in [9.17, 15) is 4.79 Å². The molecule has 104 valence electrons. The molecule has 0 saturated carbocycles. The quantitative estimate of drug-likeness (QED) is 0.841. The van der Waals surface area contributed by atoms with E-state index in [0.29, 0.717) is 12.4 Å². The summed E-state index contributed by atoms with van der Waals surface area (Å²) in [6.07, 6.45) is 0.964. The second kappa shape index (κ2) is 6.51. The van der Waals surface area contributed by atoms with Crippen molar-refractivity contribution in [1.29, 1.82) is 0 Å². The summed E-state index contributed by atoms with van der Waals surface area (Å²) < 4.78 is 5.48. The molecule has 1 aromatic heterocycles. The van der Waals surface area contributed by atoms with Gasteiger partial charge in [0, 0.05) is 5.69 Å². The number of hydrogen-bond acceptors (Lipinski definition) is 5. The van der Waals surface area contributed by atoms with Crippen LogP contribution in [0.25, 0.3) is 0 Å². The van der Waals surface area contributed by atoms with Crippen LogP contribution >= 0.6 is 0 Å². The van der Waals surface area contributed by atoms with Crippen molar-refractivity contribution in [2.45, 2.75) is 13.3 Å². The van der Waals surface area contributed by atoms with Crippen LogP contribution < -0.4 is 10.1 Å². The molecule has 20 heavy (non-hydrogen) atoms. The minimum Gasteiger partial charge on any atom is -0.494 e. The molecular formula is C14H15N3O3. The first kappa shape index (κ1) is 13.8. The number of aromatic nitrogens is 2. The molecule has 1 heterocycles. The number of ether oxygens (including phenoxy) is 1. The number of carbonyl (C=O) groups is 1. The van der Waals surface area contributed by atoms with Crippen LogP contribution in [0.4, 0.5) is 11.5 Å². The summed E-state index contributed by atoms with van der Waals surface area (Å²) in [4.78, 5) is 10.7. The number of carboxylic acids is 1. The maximum absolute atomic E-state index is 10.7. The Hall–Kier alpha value is -2.63. The molecule has 0 aliphatic heterocycles. The maximum Gasteiger partial charge on any atom is 0.356 e. The zero-order chi connectivity index (χ0) is 14.4. The Morgan fingerprint density at radius 1 is 1.20 bits per heavy atom. The van der Waals surface area contributed by atoms with Crippen molar-refractivity contribution in [3.8, 4) is 5.75 Å². The predicted molar refractivity (Wildman–Crippen MR) is 74.5 cm³/mol. The lowest BCUT2D eigenvalue weighted by molar-refractivity contribution is 0.0689. The molecular weight excluding hydrogens is 258 g/mol. The maximum atomic E-state index is 10.7. The van der Waals surface area contributed by atoms with E-state index in [-0.39, 0.29) is 5.69 Å². The van der Waals surface area contributed by atoms with Gasteiger partial charge in [0.05, 0.1) is 6.61 Å². The molecule has 0 unspecified atom stereocenters. The van der Waals surface area contributed by atoms with Crippen LogP contribution in [-0.4, -0.2) is 27.9 Å². The minimum atomic E-state index is -1.10. The Morgan fingerprint density at radius 2 is 1.95 bits per heavy atom. The average molecular weight is 273 g/mol. The van der Waals surface area contributed by atoms with E-state index in [1.807, 2.05) is 24.3 Å². The van der Waals surface area contributed by atoms with Gasteiger partial charge in [0.15, 0.2) is 11.5 Å². The summed E-state index contributed by atoms with van der Waals surface area (Å²) in [7, 11) is 0. The second-order valence-electron chi connectivity index (χ2n) is 4.11. The van der Waals surface area contributed by atoms with Crippen molar-refractivity contribution >= 4 is 17.5 Å². The lowest BCUT2D eigenvalue weighted by Crippen LogP contribution is -2.03. The van der Waals surface area contributed by atoms with E-state index in [0.717, 1.165) is 17.9 Å². The molecule has 2 aromatic rings. The molecule has 6 nitrogen and oxygen atoms in total. The van der Waals surface area contributed by atoms with Gasteiger partial charge in [-0.15, -0.1) is 10.2 Å². The Bertz CT molecular complexity index is 567. The van der Waals surface area contributed by atoms with Crippen LogP contribution in [0, 0.1) is 0 Å². The van der Waals surface area contributed by atoms with Crippen LogP contribution in [0.1, 0.15) is 23.8 Å². The highest BCUT2D eigenvalue weighted by molar-refractivity contribution is 5.85. The van der Waals surface area contributed by atoms with Crippen molar-refractivity contribution in [3.63, 3.8) is 0 Å². The first-order valence-corrected chi connectivity index (χ1v) is 6.26. The van der Waals surface area contributed by atoms with E-state index >= 15 is 0 Å². The van der Waals surface area contributed by atoms with Gasteiger partial charge in [0.2, 0.25) is 0 Å². The molecule has 0 atom stereocenters. The average Bonchev–Trinajstić information content (AvgIpc) is 2.47. The molecule has 6 heteroatoms. The van der Waals surface area contributed by atoms with Gasteiger partial charge >= 0.3 is 5.97 Å². The summed E-state index contributed by atoms with van der Waals surface area (Å²) in [6.45, 7) is 2.74. The third-order valence-electron chi connectivity index (χ3n) is 2.48. The zero-order valence-electron chi connectivity index (χ0n) is 11.0. The number of nitrogens with one attached hydrogen (secondary N) is 1. The van der Waals surface area contributed by atoms with Crippen LogP contribution in [0.2, 0.25) is 0 Å². The fourth-order valence-corrected chi connectivity index (χ4v) is 1.52. The van der Waals surface area contributed by atoms with E-state index in [2.05, 4.69) is 22.4 Å². The van der Waals surface area contributed by atoms with Gasteiger partial charge in [-0.3, -0.25) is 0 Å². The molecule has 0 aliphatic carbocycles. The van der Waals surface area contributed by atoms with Gasteiger partial charge < -0.3 is 15.2 Å². The molecule has 2 rings (SSSR count). The standard InChI is InChI=1S/C14H15N3O3/c1-2-9-20-11-5-3-10(4-6-11)15-13-8-7-12(14(18)19)16-17-13/h3-8H,2,9H2,1H3,(H,15,17)(H,18,19). The molecule has 0 aliphatic rings. The lowest BCUT2D eigenvalue weighted by Gasteiger charge is -2.07. The van der Waals surface area contributed by atoms with Gasteiger partial charge in [-0.05, 0) is 42.8 Å². The van der Waals surface area contributed by atoms with E-state index in [1.165, 1.54) is 6.07 Å². The first-order chi connectivity index (χ1) is 9.69. The number of carboxylic acid groups (broad SMARTS) is 1. The first-order valence-electron chi connectivity index (χ1n) is 6.26. The second-order valence-corrected chi connectivity index (χ2v) is 4.11. The Morgan fingerprint density at radius 3 is 2.50 bits per heavy atom. The highest BCUT2D eigenvalue weighted by atomic mass is 16.5. The summed E-state index contributed by atoms with van der Waals surface area (Å²) in [5, 5.41) is 19.2. The van der Waals surface area contributed by atoms with E-state index < -0.39 is 5.97 Å². The Kier molecular flexibility index (Phi) is 4.49. The fourth-order valence-electron chi connectivity index (χ4n) is 1.52. The van der Waals surface area contributed by atoms with E-state index in [4.69, 9.17) is 9.84 Å². The third-order valence-corrected chi connectivity index (χ3v) is 2.48. The molecule has 0 bridgehead atoms. The molecule has 1 aromatic carbocycles. The highest BCUT2D eigenvalue weighted by Crippen LogP contribution is 2.18. The molecule has 0 radical (unpaired) electrons. The van der Waals surface area contributed by atoms with Gasteiger partial charge in [-0.2, -0.15) is 0 Å². The zero-order valence-corrected chi connectivity index (χ0v) is 11.0. The molecule has 0 amide bonds. The van der Waals surface area contributed by atoms with Crippen LogP contribution in [-0.2, 0) is 0 Å². The van der Waals surface area contributed by atoms with Crippen molar-refractivity contribution in [2.75, 3.05) is 11.9 Å². The number of nitrogens with zero attached hydrogens (tertiary/aromatic N) is 2. The predicted octanol–water partition coefficient (Wildman–Crippen LogP) is 2.71. The Labute approximate surface area is 116 Å². The molecule has 0 spiro atoms. The minimum absolute atomic E-state index is 0.0844. The molecule has 2 N–H and O–H groups in total. The number of hydrogen-bond donors (Lipinski definition) is 2. The molecule has 0 fully saturated rings. The van der Waals surface area contributed by atoms with E-state index in [1.54, 1.807) is 6.07 Å². The topological polar surface area (TPSA) is 84.3 Å². The fraction of sp³-hybridized carbons (Fsp3) is 0.214. The number of aromatic carboxylic acids is 1. The van der Waals surface area contributed by atoms with Crippen molar-refractivity contribution in [2.24, 2.45) is 0 Å². The van der Waals surface area contributed by atoms with Crippen LogP contribution in [0.3, 0.4) is 0 Å². The smallest absolute Gasteiger partial charge is 0.356 e. The third kappa shape index (κ3) is 3.68. The number of anilines is 2. The SMILES string of the molecule is CCCOc1ccc(Nc2ccc(C(=O)O)nn2)cc1. The van der Waals surface area contributed by atoms with Crippen LogP contribution in [0.15, 0.2) is 36.4 Å². The number of benzene rings is 1. The van der Waals surface area contributed by atoms with Crippen molar-refractivity contribution in [3.05, 3.63) is 42.1 Å². The van der Waals surface area contributed by atoms with Gasteiger partial charge in [-0.25, -0.2) is 4.79 Å². The summed E-state index contributed by atoms with van der Waals surface area (Å²) in [6, 6.07) is 10.4. The summed E-state index contributed by atoms with van der Waals surface area (Å²) in [5.74, 6) is 0.198. The molecule has 0 saturated heterocycles. The van der Waals surface area contributed by atoms with Crippen molar-refractivity contribution < 1.29 is 14.6 Å². The summed E-state index contributed by atoms with van der Waals surface area (Å²) in [5.41, 5.74) is 0.741.